The Balaban J connectivity index is 3.05. The van der Waals surface area contributed by atoms with Crippen LogP contribution in [0.25, 0.3) is 0 Å². The summed E-state index contributed by atoms with van der Waals surface area (Å²) in [6.45, 7) is 3.67. The summed E-state index contributed by atoms with van der Waals surface area (Å²) >= 11 is 0. The molecule has 0 heterocycles. The number of halogens is 1. The minimum absolute atomic E-state index is 0.172. The van der Waals surface area contributed by atoms with E-state index in [1.54, 1.807) is 13.8 Å². The van der Waals surface area contributed by atoms with Gasteiger partial charge in [0.1, 0.15) is 5.78 Å². The lowest BCUT2D eigenvalue weighted by Crippen LogP contribution is -2.15. The highest BCUT2D eigenvalue weighted by Crippen LogP contribution is 2.58. The van der Waals surface area contributed by atoms with E-state index in [1.165, 1.54) is 6.07 Å². The van der Waals surface area contributed by atoms with Crippen LogP contribution in [-0.4, -0.2) is 18.3 Å². The average Bonchev–Trinajstić information content (AvgIpc) is 2.32. The number of rotatable bonds is 6. The van der Waals surface area contributed by atoms with Crippen LogP contribution in [0.2, 0.25) is 0 Å². The Hall–Kier alpha value is -0.940. The van der Waals surface area contributed by atoms with Crippen molar-refractivity contribution in [2.24, 2.45) is 5.73 Å². The quantitative estimate of drug-likeness (QED) is 0.781. The molecule has 18 heavy (non-hydrogen) atoms. The molecule has 0 spiro atoms. The predicted octanol–water partition coefficient (Wildman–Crippen LogP) is 2.75. The van der Waals surface area contributed by atoms with E-state index in [2.05, 4.69) is 0 Å². The second-order valence-electron chi connectivity index (χ2n) is 3.53. The van der Waals surface area contributed by atoms with Crippen LogP contribution in [0.5, 0.6) is 5.75 Å². The van der Waals surface area contributed by atoms with E-state index in [0.29, 0.717) is 0 Å². The van der Waals surface area contributed by atoms with Crippen molar-refractivity contribution in [3.63, 3.8) is 0 Å². The Bertz CT molecular complexity index is 445. The first kappa shape index (κ1) is 15.1. The number of phenols is 1. The monoisotopic (exact) mass is 277 g/mol. The van der Waals surface area contributed by atoms with E-state index < -0.39 is 24.9 Å². The third-order valence-electron chi connectivity index (χ3n) is 2.27. The Morgan fingerprint density at radius 2 is 1.94 bits per heavy atom. The highest BCUT2D eigenvalue weighted by atomic mass is 31.2. The molecular weight excluding hydrogens is 260 g/mol. The molecule has 102 valence electrons. The second kappa shape index (κ2) is 6.29. The van der Waals surface area contributed by atoms with Crippen molar-refractivity contribution in [2.75, 3.05) is 13.2 Å². The SMILES string of the molecule is CCOP(=O)(OCC)[C@@H](N)c1ccc(O)c(F)c1. The Morgan fingerprint density at radius 1 is 1.39 bits per heavy atom. The molecule has 1 atom stereocenters. The maximum atomic E-state index is 13.2. The van der Waals surface area contributed by atoms with E-state index >= 15 is 0 Å². The molecule has 1 aromatic carbocycles. The van der Waals surface area contributed by atoms with Gasteiger partial charge in [-0.05, 0) is 31.5 Å². The summed E-state index contributed by atoms with van der Waals surface area (Å²) < 4.78 is 35.7. The van der Waals surface area contributed by atoms with Crippen molar-refractivity contribution in [1.29, 1.82) is 0 Å². The Morgan fingerprint density at radius 3 is 2.39 bits per heavy atom. The predicted molar refractivity (Wildman–Crippen MR) is 65.9 cm³/mol. The van der Waals surface area contributed by atoms with Crippen LogP contribution in [0.1, 0.15) is 25.2 Å². The van der Waals surface area contributed by atoms with E-state index in [0.717, 1.165) is 12.1 Å². The molecular formula is C11H17FNO4P. The summed E-state index contributed by atoms with van der Waals surface area (Å²) in [4.78, 5) is 0. The molecule has 0 unspecified atom stereocenters. The number of aromatic hydroxyl groups is 1. The lowest BCUT2D eigenvalue weighted by molar-refractivity contribution is 0.212. The largest absolute Gasteiger partial charge is 0.505 e. The Kier molecular flexibility index (Phi) is 5.28. The first-order valence-corrected chi connectivity index (χ1v) is 7.18. The normalized spacial score (nSPS) is 13.6. The van der Waals surface area contributed by atoms with Gasteiger partial charge in [-0.25, -0.2) is 4.39 Å². The lowest BCUT2D eigenvalue weighted by atomic mass is 10.2. The standard InChI is InChI=1S/C11H17FNO4P/c1-3-16-18(15,17-4-2)11(13)8-5-6-10(14)9(12)7-8/h5-7,11,14H,3-4,13H2,1-2H3/t11-/m1/s1. The fraction of sp³-hybridized carbons (Fsp3) is 0.455. The van der Waals surface area contributed by atoms with E-state index in [9.17, 15) is 8.96 Å². The van der Waals surface area contributed by atoms with Crippen molar-refractivity contribution < 1.29 is 23.1 Å². The smallest absolute Gasteiger partial charge is 0.351 e. The molecule has 0 saturated heterocycles. The lowest BCUT2D eigenvalue weighted by Gasteiger charge is -2.23. The molecule has 5 nitrogen and oxygen atoms in total. The maximum absolute atomic E-state index is 13.2. The minimum Gasteiger partial charge on any atom is -0.505 e. The molecule has 1 rings (SSSR count). The summed E-state index contributed by atoms with van der Waals surface area (Å²) in [6, 6.07) is 3.55. The van der Waals surface area contributed by atoms with Gasteiger partial charge in [0.15, 0.2) is 11.6 Å². The summed E-state index contributed by atoms with van der Waals surface area (Å²) in [5.74, 6) is -2.41. The first-order chi connectivity index (χ1) is 8.44. The van der Waals surface area contributed by atoms with Gasteiger partial charge in [-0.2, -0.15) is 0 Å². The van der Waals surface area contributed by atoms with Gasteiger partial charge in [-0.3, -0.25) is 4.57 Å². The fourth-order valence-electron chi connectivity index (χ4n) is 1.45. The van der Waals surface area contributed by atoms with Gasteiger partial charge in [-0.1, -0.05) is 6.07 Å². The van der Waals surface area contributed by atoms with E-state index in [-0.39, 0.29) is 18.8 Å². The molecule has 0 radical (unpaired) electrons. The molecule has 0 bridgehead atoms. The van der Waals surface area contributed by atoms with E-state index in [4.69, 9.17) is 19.9 Å². The molecule has 0 aliphatic carbocycles. The van der Waals surface area contributed by atoms with Gasteiger partial charge < -0.3 is 19.9 Å². The second-order valence-corrected chi connectivity index (χ2v) is 5.68. The summed E-state index contributed by atoms with van der Waals surface area (Å²) in [5.41, 5.74) is 6.05. The van der Waals surface area contributed by atoms with Crippen molar-refractivity contribution in [2.45, 2.75) is 19.6 Å². The van der Waals surface area contributed by atoms with Crippen LogP contribution in [-0.2, 0) is 13.6 Å². The molecule has 3 N–H and O–H groups in total. The molecule has 0 aliphatic heterocycles. The zero-order valence-corrected chi connectivity index (χ0v) is 11.2. The van der Waals surface area contributed by atoms with Crippen molar-refractivity contribution in [3.8, 4) is 5.75 Å². The topological polar surface area (TPSA) is 81.8 Å². The van der Waals surface area contributed by atoms with Gasteiger partial charge in [-0.15, -0.1) is 0 Å². The molecule has 0 amide bonds. The minimum atomic E-state index is -3.54. The van der Waals surface area contributed by atoms with Crippen LogP contribution >= 0.6 is 7.60 Å². The van der Waals surface area contributed by atoms with Crippen LogP contribution in [0, 0.1) is 5.82 Å². The fourth-order valence-corrected chi connectivity index (χ4v) is 3.09. The van der Waals surface area contributed by atoms with Gasteiger partial charge in [0, 0.05) is 0 Å². The van der Waals surface area contributed by atoms with Crippen LogP contribution < -0.4 is 5.73 Å². The van der Waals surface area contributed by atoms with Crippen molar-refractivity contribution in [3.05, 3.63) is 29.6 Å². The highest BCUT2D eigenvalue weighted by molar-refractivity contribution is 7.54. The summed E-state index contributed by atoms with van der Waals surface area (Å²) in [7, 11) is -3.54. The Labute approximate surface area is 105 Å². The van der Waals surface area contributed by atoms with Crippen LogP contribution in [0.15, 0.2) is 18.2 Å². The molecule has 0 fully saturated rings. The number of hydrogen-bond acceptors (Lipinski definition) is 5. The van der Waals surface area contributed by atoms with Crippen molar-refractivity contribution in [1.82, 2.24) is 0 Å². The highest BCUT2D eigenvalue weighted by Gasteiger charge is 2.34. The summed E-state index contributed by atoms with van der Waals surface area (Å²) in [6.07, 6.45) is 0. The number of phenolic OH excluding ortho intramolecular Hbond substituents is 1. The average molecular weight is 277 g/mol. The third-order valence-corrected chi connectivity index (χ3v) is 4.49. The first-order valence-electron chi connectivity index (χ1n) is 5.57. The number of nitrogens with two attached hydrogens (primary N) is 1. The number of hydrogen-bond donors (Lipinski definition) is 2. The summed E-state index contributed by atoms with van der Waals surface area (Å²) in [5, 5.41) is 9.09. The van der Waals surface area contributed by atoms with Gasteiger partial charge in [0.05, 0.1) is 13.2 Å². The van der Waals surface area contributed by atoms with Crippen molar-refractivity contribution >= 4 is 7.60 Å². The van der Waals surface area contributed by atoms with Gasteiger partial charge in [0.25, 0.3) is 0 Å². The van der Waals surface area contributed by atoms with E-state index in [1.807, 2.05) is 0 Å². The molecule has 0 aromatic heterocycles. The molecule has 7 heteroatoms. The number of benzene rings is 1. The third kappa shape index (κ3) is 3.29. The van der Waals surface area contributed by atoms with Gasteiger partial charge >= 0.3 is 7.60 Å². The van der Waals surface area contributed by atoms with Crippen LogP contribution in [0.4, 0.5) is 4.39 Å². The zero-order valence-electron chi connectivity index (χ0n) is 10.3. The molecule has 0 saturated carbocycles. The molecule has 0 aliphatic rings. The zero-order chi connectivity index (χ0) is 13.8. The van der Waals surface area contributed by atoms with Gasteiger partial charge in [0.2, 0.25) is 0 Å². The molecule has 1 aromatic rings. The maximum Gasteiger partial charge on any atom is 0.351 e. The van der Waals surface area contributed by atoms with Crippen LogP contribution in [0.3, 0.4) is 0 Å².